The van der Waals surface area contributed by atoms with Crippen molar-refractivity contribution in [1.82, 2.24) is 5.32 Å². The van der Waals surface area contributed by atoms with E-state index in [2.05, 4.69) is 42.6 Å². The highest BCUT2D eigenvalue weighted by Crippen LogP contribution is 2.34. The number of nitrogens with one attached hydrogen (secondary N) is 1. The predicted octanol–water partition coefficient (Wildman–Crippen LogP) is 7.30. The Labute approximate surface area is 219 Å². The Hall–Kier alpha value is -2.46. The molecular weight excluding hydrogens is 462 g/mol. The lowest BCUT2D eigenvalue weighted by Crippen LogP contribution is -2.27. The summed E-state index contributed by atoms with van der Waals surface area (Å²) in [5, 5.41) is 5.89. The molecule has 4 heteroatoms. The van der Waals surface area contributed by atoms with E-state index in [1.54, 1.807) is 0 Å². The van der Waals surface area contributed by atoms with Gasteiger partial charge in [-0.15, -0.1) is 0 Å². The Morgan fingerprint density at radius 3 is 2.47 bits per heavy atom. The van der Waals surface area contributed by atoms with Crippen molar-refractivity contribution in [2.24, 2.45) is 0 Å². The van der Waals surface area contributed by atoms with Crippen molar-refractivity contribution in [3.8, 4) is 0 Å². The number of benzene rings is 3. The van der Waals surface area contributed by atoms with Gasteiger partial charge in [-0.05, 0) is 65.6 Å². The maximum Gasteiger partial charge on any atom is 0.224 e. The minimum atomic E-state index is -0.958. The van der Waals surface area contributed by atoms with Crippen molar-refractivity contribution in [3.05, 3.63) is 77.4 Å². The summed E-state index contributed by atoms with van der Waals surface area (Å²) < 4.78 is 13.8. The zero-order chi connectivity index (χ0) is 25.2. The van der Waals surface area contributed by atoms with Crippen LogP contribution < -0.4 is 5.32 Å². The average Bonchev–Trinajstić information content (AvgIpc) is 2.91. The lowest BCUT2D eigenvalue weighted by molar-refractivity contribution is -0.120. The van der Waals surface area contributed by atoms with Crippen LogP contribution in [0.5, 0.6) is 0 Å². The number of unbranched alkanes of at least 4 members (excludes halogenated alkanes) is 3. The van der Waals surface area contributed by atoms with Crippen LogP contribution in [0.2, 0.25) is 0 Å². The molecule has 0 aromatic heterocycles. The molecule has 0 radical (unpaired) electrons. The zero-order valence-electron chi connectivity index (χ0n) is 21.8. The molecule has 1 amide bonds. The van der Waals surface area contributed by atoms with E-state index >= 15 is 0 Å². The van der Waals surface area contributed by atoms with E-state index < -0.39 is 10.8 Å². The third-order valence-electron chi connectivity index (χ3n) is 7.47. The first-order valence-corrected chi connectivity index (χ1v) is 15.1. The lowest BCUT2D eigenvalue weighted by atomic mass is 9.94. The van der Waals surface area contributed by atoms with Crippen molar-refractivity contribution in [1.29, 1.82) is 0 Å². The van der Waals surface area contributed by atoms with Gasteiger partial charge in [0.2, 0.25) is 5.91 Å². The summed E-state index contributed by atoms with van der Waals surface area (Å²) in [7, 11) is -0.958. The summed E-state index contributed by atoms with van der Waals surface area (Å²) in [5.74, 6) is 0.0558. The van der Waals surface area contributed by atoms with Crippen LogP contribution in [-0.4, -0.2) is 21.9 Å². The number of carbonyl (C=O) groups is 1. The normalized spacial score (nSPS) is 15.1. The van der Waals surface area contributed by atoms with Crippen molar-refractivity contribution >= 4 is 27.5 Å². The van der Waals surface area contributed by atoms with Gasteiger partial charge < -0.3 is 5.32 Å². The smallest absolute Gasteiger partial charge is 0.224 e. The van der Waals surface area contributed by atoms with Gasteiger partial charge in [0.25, 0.3) is 0 Å². The Kier molecular flexibility index (Phi) is 10.2. The minimum Gasteiger partial charge on any atom is -0.355 e. The maximum absolute atomic E-state index is 13.8. The lowest BCUT2D eigenvalue weighted by Gasteiger charge is -2.23. The van der Waals surface area contributed by atoms with Gasteiger partial charge in [0, 0.05) is 16.7 Å². The van der Waals surface area contributed by atoms with E-state index in [1.165, 1.54) is 60.4 Å². The third kappa shape index (κ3) is 7.06. The molecule has 3 aromatic carbocycles. The van der Waals surface area contributed by atoms with Crippen molar-refractivity contribution in [2.75, 3.05) is 6.54 Å². The molecule has 0 saturated heterocycles. The molecule has 4 rings (SSSR count). The number of hydrogen-bond acceptors (Lipinski definition) is 2. The molecule has 1 saturated carbocycles. The van der Waals surface area contributed by atoms with Gasteiger partial charge in [0.05, 0.1) is 17.2 Å². The van der Waals surface area contributed by atoms with Gasteiger partial charge in [0.1, 0.15) is 0 Å². The number of rotatable bonds is 12. The summed E-state index contributed by atoms with van der Waals surface area (Å²) in [6.07, 6.45) is 12.8. The van der Waals surface area contributed by atoms with Crippen molar-refractivity contribution in [2.45, 2.75) is 94.1 Å². The Balaban J connectivity index is 1.56. The fraction of sp³-hybridized carbons (Fsp3) is 0.469. The summed E-state index contributed by atoms with van der Waals surface area (Å²) in [5.41, 5.74) is 3.57. The quantitative estimate of drug-likeness (QED) is 0.264. The molecule has 192 valence electrons. The van der Waals surface area contributed by atoms with E-state index in [9.17, 15) is 9.00 Å². The van der Waals surface area contributed by atoms with Gasteiger partial charge in [-0.1, -0.05) is 100 Å². The third-order valence-corrected chi connectivity index (χ3v) is 9.37. The van der Waals surface area contributed by atoms with Crippen LogP contribution >= 0.6 is 0 Å². The minimum absolute atomic E-state index is 0.0558. The van der Waals surface area contributed by atoms with E-state index in [0.29, 0.717) is 13.0 Å². The number of amides is 1. The Bertz CT molecular complexity index is 1150. The largest absolute Gasteiger partial charge is 0.355 e. The molecule has 36 heavy (non-hydrogen) atoms. The number of fused-ring (bicyclic) bond motifs is 1. The Morgan fingerprint density at radius 2 is 1.69 bits per heavy atom. The summed E-state index contributed by atoms with van der Waals surface area (Å²) in [6, 6.07) is 20.7. The molecule has 3 nitrogen and oxygen atoms in total. The van der Waals surface area contributed by atoms with E-state index in [1.807, 2.05) is 30.3 Å². The maximum atomic E-state index is 13.8. The molecule has 3 aromatic rings. The fourth-order valence-corrected chi connectivity index (χ4v) is 7.30. The van der Waals surface area contributed by atoms with E-state index in [4.69, 9.17) is 0 Å². The molecular formula is C32H41NO2S. The SMILES string of the molecule is CCCCCCc1c(S(=O)C2CCCCC2)ccc2cccc(CCNC(=O)Cc3ccccc3)c12. The van der Waals surface area contributed by atoms with Crippen LogP contribution in [-0.2, 0) is 34.9 Å². The van der Waals surface area contributed by atoms with Crippen LogP contribution in [0.1, 0.15) is 81.4 Å². The van der Waals surface area contributed by atoms with Gasteiger partial charge in [0.15, 0.2) is 0 Å². The van der Waals surface area contributed by atoms with Crippen LogP contribution in [0.25, 0.3) is 10.8 Å². The molecule has 1 aliphatic carbocycles. The second-order valence-corrected chi connectivity index (χ2v) is 11.9. The van der Waals surface area contributed by atoms with Crippen molar-refractivity contribution in [3.63, 3.8) is 0 Å². The topological polar surface area (TPSA) is 46.2 Å². The standard InChI is InChI=1S/C32H41NO2S/c1-2-3-4-11-19-29-30(36(35)28-17-9-6-10-18-28)21-20-26-15-12-16-27(32(26)29)22-23-33-31(34)24-25-13-7-5-8-14-25/h5,7-8,12-16,20-21,28H,2-4,6,9-11,17-19,22-24H2,1H3,(H,33,34). The first-order chi connectivity index (χ1) is 17.7. The van der Waals surface area contributed by atoms with Gasteiger partial charge in [-0.25, -0.2) is 0 Å². The number of carbonyl (C=O) groups excluding carboxylic acids is 1. The van der Waals surface area contributed by atoms with Gasteiger partial charge in [-0.2, -0.15) is 0 Å². The molecule has 1 fully saturated rings. The number of aryl methyl sites for hydroxylation is 1. The average molecular weight is 504 g/mol. The van der Waals surface area contributed by atoms with Crippen LogP contribution in [0, 0.1) is 0 Å². The molecule has 1 unspecified atom stereocenters. The van der Waals surface area contributed by atoms with E-state index in [-0.39, 0.29) is 11.2 Å². The molecule has 1 atom stereocenters. The number of hydrogen-bond donors (Lipinski definition) is 1. The van der Waals surface area contributed by atoms with Crippen LogP contribution in [0.3, 0.4) is 0 Å². The summed E-state index contributed by atoms with van der Waals surface area (Å²) in [6.45, 7) is 2.85. The molecule has 0 spiro atoms. The zero-order valence-corrected chi connectivity index (χ0v) is 22.6. The summed E-state index contributed by atoms with van der Waals surface area (Å²) in [4.78, 5) is 13.6. The molecule has 0 heterocycles. The first-order valence-electron chi connectivity index (χ1n) is 13.9. The molecule has 0 bridgehead atoms. The van der Waals surface area contributed by atoms with Gasteiger partial charge >= 0.3 is 0 Å². The second-order valence-electron chi connectivity index (χ2n) is 10.2. The monoisotopic (exact) mass is 503 g/mol. The van der Waals surface area contributed by atoms with Crippen molar-refractivity contribution < 1.29 is 9.00 Å². The predicted molar refractivity (Wildman–Crippen MR) is 152 cm³/mol. The Morgan fingerprint density at radius 1 is 0.889 bits per heavy atom. The van der Waals surface area contributed by atoms with E-state index in [0.717, 1.165) is 42.6 Å². The van der Waals surface area contributed by atoms with Crippen LogP contribution in [0.4, 0.5) is 0 Å². The highest BCUT2D eigenvalue weighted by Gasteiger charge is 2.24. The summed E-state index contributed by atoms with van der Waals surface area (Å²) >= 11 is 0. The first kappa shape index (κ1) is 26.6. The van der Waals surface area contributed by atoms with Crippen LogP contribution in [0.15, 0.2) is 65.6 Å². The molecule has 1 N–H and O–H groups in total. The molecule has 1 aliphatic rings. The highest BCUT2D eigenvalue weighted by molar-refractivity contribution is 7.85. The van der Waals surface area contributed by atoms with Gasteiger partial charge in [-0.3, -0.25) is 9.00 Å². The second kappa shape index (κ2) is 13.7. The highest BCUT2D eigenvalue weighted by atomic mass is 32.2. The molecule has 0 aliphatic heterocycles. The fourth-order valence-electron chi connectivity index (χ4n) is 5.53.